The summed E-state index contributed by atoms with van der Waals surface area (Å²) in [7, 11) is 0. The molecule has 4 N–H and O–H groups in total. The molecule has 0 spiro atoms. The van der Waals surface area contributed by atoms with Gasteiger partial charge < -0.3 is 20.9 Å². The van der Waals surface area contributed by atoms with Gasteiger partial charge in [0.15, 0.2) is 6.54 Å². The fraction of sp³-hybridized carbons (Fsp3) is 0.438. The van der Waals surface area contributed by atoms with Crippen LogP contribution in [0.3, 0.4) is 0 Å². The van der Waals surface area contributed by atoms with Crippen molar-refractivity contribution in [2.24, 2.45) is 0 Å². The zero-order valence-corrected chi connectivity index (χ0v) is 13.9. The number of benzene rings is 1. The quantitative estimate of drug-likeness (QED) is 0.526. The molecule has 0 aromatic heterocycles. The number of rotatable bonds is 8. The number of hydrogen-bond acceptors (Lipinski definition) is 3. The molecule has 0 bridgehead atoms. The van der Waals surface area contributed by atoms with E-state index >= 15 is 0 Å². The Balaban J connectivity index is 2.44. The lowest BCUT2D eigenvalue weighted by Crippen LogP contribution is -3.13. The fourth-order valence-electron chi connectivity index (χ4n) is 2.08. The van der Waals surface area contributed by atoms with Gasteiger partial charge in [0.2, 0.25) is 11.8 Å². The highest BCUT2D eigenvalue weighted by molar-refractivity contribution is 5.92. The molecule has 23 heavy (non-hydrogen) atoms. The maximum absolute atomic E-state index is 12.1. The third kappa shape index (κ3) is 7.96. The Hall–Kier alpha value is -2.41. The van der Waals surface area contributed by atoms with Gasteiger partial charge in [-0.25, -0.2) is 0 Å². The number of anilines is 2. The van der Waals surface area contributed by atoms with Gasteiger partial charge in [-0.05, 0) is 31.2 Å². The Morgan fingerprint density at radius 3 is 2.00 bits per heavy atom. The molecule has 7 heteroatoms. The van der Waals surface area contributed by atoms with Crippen LogP contribution in [0, 0.1) is 0 Å². The van der Waals surface area contributed by atoms with E-state index in [0.29, 0.717) is 31.0 Å². The van der Waals surface area contributed by atoms with Crippen molar-refractivity contribution >= 4 is 29.1 Å². The molecule has 1 atom stereocenters. The summed E-state index contributed by atoms with van der Waals surface area (Å²) in [6.45, 7) is 7.31. The lowest BCUT2D eigenvalue weighted by atomic mass is 10.2. The Morgan fingerprint density at radius 1 is 0.957 bits per heavy atom. The topological polar surface area (TPSA) is 91.7 Å². The van der Waals surface area contributed by atoms with Crippen molar-refractivity contribution in [1.29, 1.82) is 0 Å². The van der Waals surface area contributed by atoms with Crippen molar-refractivity contribution in [3.63, 3.8) is 0 Å². The van der Waals surface area contributed by atoms with Crippen LogP contribution >= 0.6 is 0 Å². The van der Waals surface area contributed by atoms with Gasteiger partial charge in [-0.1, -0.05) is 0 Å². The zero-order valence-electron chi connectivity index (χ0n) is 13.9. The van der Waals surface area contributed by atoms with Crippen LogP contribution in [0.4, 0.5) is 11.4 Å². The summed E-state index contributed by atoms with van der Waals surface area (Å²) in [4.78, 5) is 34.9. The summed E-state index contributed by atoms with van der Waals surface area (Å²) in [5.74, 6) is -0.288. The van der Waals surface area contributed by atoms with E-state index in [-0.39, 0.29) is 17.7 Å². The van der Waals surface area contributed by atoms with Gasteiger partial charge in [-0.3, -0.25) is 14.4 Å². The molecule has 0 aliphatic heterocycles. The predicted molar refractivity (Wildman–Crippen MR) is 89.3 cm³/mol. The first kappa shape index (κ1) is 18.6. The molecule has 1 aromatic carbocycles. The van der Waals surface area contributed by atoms with Crippen molar-refractivity contribution in [2.75, 3.05) is 36.8 Å². The van der Waals surface area contributed by atoms with Crippen LogP contribution in [0.15, 0.2) is 24.3 Å². The third-order valence-corrected chi connectivity index (χ3v) is 3.25. The Kier molecular flexibility index (Phi) is 7.76. The molecule has 0 heterocycles. The highest BCUT2D eigenvalue weighted by Crippen LogP contribution is 2.13. The highest BCUT2D eigenvalue weighted by atomic mass is 16.2. The molecular weight excluding hydrogens is 296 g/mol. The molecule has 0 aliphatic rings. The lowest BCUT2D eigenvalue weighted by Gasteiger charge is -2.17. The minimum Gasteiger partial charge on any atom is -0.351 e. The molecule has 0 saturated carbocycles. The van der Waals surface area contributed by atoms with E-state index < -0.39 is 0 Å². The molecule has 0 fully saturated rings. The van der Waals surface area contributed by atoms with E-state index in [9.17, 15) is 14.4 Å². The average molecular weight is 321 g/mol. The SMILES string of the molecule is CC[NH+](CCNC(C)=O)CC(=O)Nc1ccc(NC(C)=O)cc1. The molecule has 0 saturated heterocycles. The molecule has 1 unspecified atom stereocenters. The first-order valence-electron chi connectivity index (χ1n) is 7.66. The van der Waals surface area contributed by atoms with Gasteiger partial charge in [-0.2, -0.15) is 0 Å². The number of likely N-dealkylation sites (N-methyl/N-ethyl adjacent to an activating group) is 1. The van der Waals surface area contributed by atoms with E-state index in [0.717, 1.165) is 11.4 Å². The van der Waals surface area contributed by atoms with Gasteiger partial charge in [0.25, 0.3) is 5.91 Å². The van der Waals surface area contributed by atoms with E-state index in [4.69, 9.17) is 0 Å². The van der Waals surface area contributed by atoms with E-state index in [2.05, 4.69) is 16.0 Å². The van der Waals surface area contributed by atoms with Crippen LogP contribution in [0.25, 0.3) is 0 Å². The standard InChI is InChI=1S/C16H24N4O3/c1-4-20(10-9-17-12(2)21)11-16(23)19-15-7-5-14(6-8-15)18-13(3)22/h5-8H,4,9-11H2,1-3H3,(H,17,21)(H,18,22)(H,19,23)/p+1. The normalized spacial score (nSPS) is 11.4. The zero-order chi connectivity index (χ0) is 17.2. The highest BCUT2D eigenvalue weighted by Gasteiger charge is 2.12. The second-order valence-corrected chi connectivity index (χ2v) is 5.32. The minimum atomic E-state index is -0.136. The van der Waals surface area contributed by atoms with Gasteiger partial charge in [-0.15, -0.1) is 0 Å². The molecule has 7 nitrogen and oxygen atoms in total. The number of quaternary nitrogens is 1. The van der Waals surface area contributed by atoms with Crippen molar-refractivity contribution < 1.29 is 19.3 Å². The van der Waals surface area contributed by atoms with Crippen LogP contribution in [-0.4, -0.2) is 43.9 Å². The molecular formula is C16H25N4O3+. The van der Waals surface area contributed by atoms with Crippen LogP contribution in [0.1, 0.15) is 20.8 Å². The summed E-state index contributed by atoms with van der Waals surface area (Å²) in [6.07, 6.45) is 0. The van der Waals surface area contributed by atoms with Crippen LogP contribution < -0.4 is 20.9 Å². The van der Waals surface area contributed by atoms with Gasteiger partial charge >= 0.3 is 0 Å². The second kappa shape index (κ2) is 9.58. The summed E-state index contributed by atoms with van der Waals surface area (Å²) in [6, 6.07) is 6.95. The predicted octanol–water partition coefficient (Wildman–Crippen LogP) is -0.376. The van der Waals surface area contributed by atoms with E-state index in [1.165, 1.54) is 13.8 Å². The first-order chi connectivity index (χ1) is 10.9. The Morgan fingerprint density at radius 2 is 1.52 bits per heavy atom. The fourth-order valence-corrected chi connectivity index (χ4v) is 2.08. The summed E-state index contributed by atoms with van der Waals surface area (Å²) in [5.41, 5.74) is 1.37. The number of amides is 3. The summed E-state index contributed by atoms with van der Waals surface area (Å²) >= 11 is 0. The number of carbonyl (C=O) groups excluding carboxylic acids is 3. The maximum Gasteiger partial charge on any atom is 0.279 e. The number of hydrogen-bond donors (Lipinski definition) is 4. The number of nitrogens with one attached hydrogen (secondary N) is 4. The lowest BCUT2D eigenvalue weighted by molar-refractivity contribution is -0.888. The van der Waals surface area contributed by atoms with Crippen molar-refractivity contribution in [2.45, 2.75) is 20.8 Å². The largest absolute Gasteiger partial charge is 0.351 e. The van der Waals surface area contributed by atoms with Crippen molar-refractivity contribution in [3.8, 4) is 0 Å². The smallest absolute Gasteiger partial charge is 0.279 e. The van der Waals surface area contributed by atoms with Crippen molar-refractivity contribution in [1.82, 2.24) is 5.32 Å². The number of carbonyl (C=O) groups is 3. The summed E-state index contributed by atoms with van der Waals surface area (Å²) in [5, 5.41) is 8.22. The molecule has 1 aromatic rings. The van der Waals surface area contributed by atoms with Crippen LogP contribution in [-0.2, 0) is 14.4 Å². The third-order valence-electron chi connectivity index (χ3n) is 3.25. The van der Waals surface area contributed by atoms with Crippen molar-refractivity contribution in [3.05, 3.63) is 24.3 Å². The van der Waals surface area contributed by atoms with Gasteiger partial charge in [0.1, 0.15) is 0 Å². The van der Waals surface area contributed by atoms with Crippen LogP contribution in [0.2, 0.25) is 0 Å². The Bertz CT molecular complexity index is 543. The second-order valence-electron chi connectivity index (χ2n) is 5.32. The molecule has 3 amide bonds. The van der Waals surface area contributed by atoms with Crippen LogP contribution in [0.5, 0.6) is 0 Å². The van der Waals surface area contributed by atoms with E-state index in [1.807, 2.05) is 6.92 Å². The molecule has 1 rings (SSSR count). The maximum atomic E-state index is 12.1. The monoisotopic (exact) mass is 321 g/mol. The minimum absolute atomic E-state index is 0.0656. The Labute approximate surface area is 136 Å². The van der Waals surface area contributed by atoms with E-state index in [1.54, 1.807) is 24.3 Å². The average Bonchev–Trinajstić information content (AvgIpc) is 2.47. The molecule has 0 radical (unpaired) electrons. The molecule has 0 aliphatic carbocycles. The first-order valence-corrected chi connectivity index (χ1v) is 7.66. The van der Waals surface area contributed by atoms with Gasteiger partial charge in [0, 0.05) is 25.2 Å². The molecule has 126 valence electrons. The summed E-state index contributed by atoms with van der Waals surface area (Å²) < 4.78 is 0. The van der Waals surface area contributed by atoms with Gasteiger partial charge in [0.05, 0.1) is 19.6 Å².